The molecule has 0 rings (SSSR count). The van der Waals surface area contributed by atoms with Crippen molar-refractivity contribution in [1.29, 1.82) is 0 Å². The number of rotatable bonds is 3. The first-order chi connectivity index (χ1) is 4.04. The van der Waals surface area contributed by atoms with E-state index in [0.717, 1.165) is 0 Å². The summed E-state index contributed by atoms with van der Waals surface area (Å²) >= 11 is 0. The molecule has 0 amide bonds. The summed E-state index contributed by atoms with van der Waals surface area (Å²) in [6, 6.07) is 0.0617. The molecule has 4 heteroatoms. The molecule has 0 aliphatic heterocycles. The maximum Gasteiger partial charge on any atom is 0.320 e. The van der Waals surface area contributed by atoms with Gasteiger partial charge in [-0.15, -0.1) is 0 Å². The highest BCUT2D eigenvalue weighted by atomic mass is 28.3. The van der Waals surface area contributed by atoms with Gasteiger partial charge in [-0.1, -0.05) is 13.1 Å². The molecule has 0 spiro atoms. The smallest absolute Gasteiger partial charge is 0.320 e. The minimum absolute atomic E-state index is 0.628. The van der Waals surface area contributed by atoms with Crippen molar-refractivity contribution in [3.8, 4) is 0 Å². The Hall–Kier alpha value is -0.353. The second kappa shape index (κ2) is 3.63. The van der Waals surface area contributed by atoms with Crippen molar-refractivity contribution in [3.05, 3.63) is 0 Å². The van der Waals surface area contributed by atoms with Crippen LogP contribution in [0.2, 0.25) is 19.1 Å². The largest absolute Gasteiger partial charge is 0.480 e. The molecule has 0 fully saturated rings. The summed E-state index contributed by atoms with van der Waals surface area (Å²) in [5.74, 6) is -0.879. The summed E-state index contributed by atoms with van der Waals surface area (Å²) in [4.78, 5) is 10.1. The van der Waals surface area contributed by atoms with Crippen LogP contribution in [-0.2, 0) is 4.79 Å². The van der Waals surface area contributed by atoms with E-state index >= 15 is 0 Å². The van der Waals surface area contributed by atoms with Crippen molar-refractivity contribution in [2.24, 2.45) is 5.73 Å². The average Bonchev–Trinajstić information content (AvgIpc) is 1.63. The van der Waals surface area contributed by atoms with Gasteiger partial charge in [0.1, 0.15) is 6.04 Å². The minimum Gasteiger partial charge on any atom is -0.480 e. The van der Waals surface area contributed by atoms with E-state index in [9.17, 15) is 4.79 Å². The van der Waals surface area contributed by atoms with Crippen molar-refractivity contribution in [3.63, 3.8) is 0 Å². The third-order valence-electron chi connectivity index (χ3n) is 1.04. The van der Waals surface area contributed by atoms with Gasteiger partial charge in [0.2, 0.25) is 0 Å². The molecule has 0 aromatic carbocycles. The van der Waals surface area contributed by atoms with Crippen LogP contribution in [0.4, 0.5) is 0 Å². The van der Waals surface area contributed by atoms with Gasteiger partial charge in [0.25, 0.3) is 0 Å². The second-order valence-corrected chi connectivity index (χ2v) is 5.83. The van der Waals surface area contributed by atoms with Crippen LogP contribution in [-0.4, -0.2) is 25.9 Å². The van der Waals surface area contributed by atoms with Gasteiger partial charge in [-0.05, 0) is 6.04 Å². The monoisotopic (exact) mass is 147 g/mol. The van der Waals surface area contributed by atoms with Gasteiger partial charge in [-0.25, -0.2) is 0 Å². The number of aliphatic carboxylic acids is 1. The van der Waals surface area contributed by atoms with Crippen molar-refractivity contribution in [2.45, 2.75) is 25.2 Å². The minimum atomic E-state index is -0.879. The fourth-order valence-corrected chi connectivity index (χ4v) is 1.83. The summed E-state index contributed by atoms with van der Waals surface area (Å²) < 4.78 is 0. The van der Waals surface area contributed by atoms with Crippen molar-refractivity contribution in [2.75, 3.05) is 0 Å². The number of carbonyl (C=O) groups is 1. The molecule has 0 saturated carbocycles. The maximum absolute atomic E-state index is 10.1. The zero-order valence-electron chi connectivity index (χ0n) is 5.79. The van der Waals surface area contributed by atoms with Crippen molar-refractivity contribution < 1.29 is 9.90 Å². The highest BCUT2D eigenvalue weighted by Gasteiger charge is 2.12. The summed E-state index contributed by atoms with van der Waals surface area (Å²) in [5.41, 5.74) is 5.25. The van der Waals surface area contributed by atoms with Crippen LogP contribution in [0.25, 0.3) is 0 Å². The molecule has 0 aromatic heterocycles. The zero-order valence-corrected chi connectivity index (χ0v) is 6.95. The lowest BCUT2D eigenvalue weighted by atomic mass is 10.4. The van der Waals surface area contributed by atoms with E-state index in [1.807, 2.05) is 0 Å². The molecule has 54 valence electrons. The van der Waals surface area contributed by atoms with Crippen LogP contribution < -0.4 is 5.73 Å². The summed E-state index contributed by atoms with van der Waals surface area (Å²) in [5, 5.41) is 8.33. The molecule has 9 heavy (non-hydrogen) atoms. The van der Waals surface area contributed by atoms with Crippen LogP contribution >= 0.6 is 0 Å². The second-order valence-electron chi connectivity index (χ2n) is 2.57. The van der Waals surface area contributed by atoms with Crippen LogP contribution in [0.1, 0.15) is 0 Å². The van der Waals surface area contributed by atoms with E-state index in [1.54, 1.807) is 0 Å². The van der Waals surface area contributed by atoms with Crippen LogP contribution in [0, 0.1) is 0 Å². The first kappa shape index (κ1) is 8.65. The lowest BCUT2D eigenvalue weighted by Crippen LogP contribution is -2.32. The Kier molecular flexibility index (Phi) is 3.49. The third kappa shape index (κ3) is 4.17. The lowest BCUT2D eigenvalue weighted by Gasteiger charge is -2.06. The van der Waals surface area contributed by atoms with E-state index in [0.29, 0.717) is 6.04 Å². The fourth-order valence-electron chi connectivity index (χ4n) is 0.609. The van der Waals surface area contributed by atoms with Crippen molar-refractivity contribution in [1.82, 2.24) is 0 Å². The average molecular weight is 147 g/mol. The van der Waals surface area contributed by atoms with Gasteiger partial charge in [0, 0.05) is 8.80 Å². The molecule has 0 saturated heterocycles. The van der Waals surface area contributed by atoms with Crippen LogP contribution in [0.15, 0.2) is 0 Å². The molecule has 0 aliphatic rings. The number of hydrogen-bond donors (Lipinski definition) is 2. The van der Waals surface area contributed by atoms with Gasteiger partial charge in [-0.2, -0.15) is 0 Å². The van der Waals surface area contributed by atoms with E-state index < -0.39 is 20.8 Å². The molecular formula is C5H13NO2Si. The lowest BCUT2D eigenvalue weighted by molar-refractivity contribution is -0.138. The Bertz CT molecular complexity index is 105. The summed E-state index contributed by atoms with van der Waals surface area (Å²) in [6.07, 6.45) is 0. The zero-order chi connectivity index (χ0) is 7.44. The first-order valence-corrected chi connectivity index (χ1v) is 6.15. The Morgan fingerprint density at radius 1 is 1.78 bits per heavy atom. The molecule has 3 N–H and O–H groups in total. The van der Waals surface area contributed by atoms with Gasteiger partial charge >= 0.3 is 5.97 Å². The normalized spacial score (nSPS) is 13.8. The number of nitrogens with two attached hydrogens (primary N) is 1. The van der Waals surface area contributed by atoms with Crippen LogP contribution in [0.5, 0.6) is 0 Å². The van der Waals surface area contributed by atoms with E-state index in [4.69, 9.17) is 10.8 Å². The molecular weight excluding hydrogens is 134 g/mol. The summed E-state index contributed by atoms with van der Waals surface area (Å²) in [6.45, 7) is 4.17. The first-order valence-electron chi connectivity index (χ1n) is 3.02. The predicted octanol–water partition coefficient (Wildman–Crippen LogP) is -0.115. The quantitative estimate of drug-likeness (QED) is 0.547. The topological polar surface area (TPSA) is 63.3 Å². The predicted molar refractivity (Wildman–Crippen MR) is 39.3 cm³/mol. The Balaban J connectivity index is 3.50. The molecule has 3 nitrogen and oxygen atoms in total. The Morgan fingerprint density at radius 3 is 2.33 bits per heavy atom. The fraction of sp³-hybridized carbons (Fsp3) is 0.800. The Morgan fingerprint density at radius 2 is 2.22 bits per heavy atom. The third-order valence-corrected chi connectivity index (χ3v) is 2.49. The molecule has 0 radical (unpaired) electrons. The van der Waals surface area contributed by atoms with Crippen LogP contribution in [0.3, 0.4) is 0 Å². The van der Waals surface area contributed by atoms with Gasteiger partial charge in [-0.3, -0.25) is 4.79 Å². The molecule has 0 aliphatic carbocycles. The van der Waals surface area contributed by atoms with Gasteiger partial charge in [0.15, 0.2) is 0 Å². The SMILES string of the molecule is C[SiH](C)C[C@@H](N)C(=O)O. The van der Waals surface area contributed by atoms with Gasteiger partial charge in [0.05, 0.1) is 0 Å². The Labute approximate surface area is 56.5 Å². The molecule has 1 atom stereocenters. The van der Waals surface area contributed by atoms with Gasteiger partial charge < -0.3 is 10.8 Å². The van der Waals surface area contributed by atoms with E-state index in [-0.39, 0.29) is 0 Å². The number of carboxylic acid groups (broad SMARTS) is 1. The molecule has 0 unspecified atom stereocenters. The number of hydrogen-bond acceptors (Lipinski definition) is 2. The van der Waals surface area contributed by atoms with E-state index in [1.165, 1.54) is 0 Å². The van der Waals surface area contributed by atoms with Crippen molar-refractivity contribution >= 4 is 14.8 Å². The molecule has 0 aromatic rings. The molecule has 0 heterocycles. The number of carboxylic acids is 1. The highest BCUT2D eigenvalue weighted by Crippen LogP contribution is 1.94. The maximum atomic E-state index is 10.1. The standard InChI is InChI=1S/C5H13NO2Si/c1-9(2)3-4(6)5(7)8/h4,9H,3,6H2,1-2H3,(H,7,8)/t4-/m1/s1. The summed E-state index contributed by atoms with van der Waals surface area (Å²) in [7, 11) is -0.790. The van der Waals surface area contributed by atoms with E-state index in [2.05, 4.69) is 13.1 Å². The molecule has 0 bridgehead atoms. The highest BCUT2D eigenvalue weighted by molar-refractivity contribution is 6.56.